The van der Waals surface area contributed by atoms with Gasteiger partial charge in [-0.15, -0.1) is 0 Å². The number of carbonyl (C=O) groups is 6. The molecular weight excluding hydrogens is 2040 g/mol. The standard InChI is InChI=1S/C23H43O8P.C21H42NO6P.3C21H41O7P.Na/c1-3-4-5-6-7-8-9-10-11-12-13-14-15-16-17-18-23(25)29-19-22(31-21(2)24)20-30-32(26,27)28;4*1-2-3-4-5-6-7-8-9-10-11-12-13-14-15-16-17-21(23)27-18-20(22)19-28-29(24,25)26;/h10-11,22H,3-9,12-20H2,1-2H3,(H2,26,27,28);9-10,20H,2-8,11-19,22H2,1H3,(H2,24,25,26);3*9-10,20,22H,2-8,11-19H2,1H3,(H2,24,25,26);/q;;;;;+1/p-1/b11-10-;4*10-9-;/t22-;4*20-;/m11110./s1. The molecule has 0 radical (unpaired) electrons. The Morgan fingerprint density at radius 2 is 0.409 bits per heavy atom. The number of esters is 6. The van der Waals surface area contributed by atoms with Crippen molar-refractivity contribution in [3.63, 3.8) is 0 Å². The van der Waals surface area contributed by atoms with Crippen LogP contribution in [0, 0.1) is 0 Å². The number of unbranched alkanes of at least 4 members (excludes halogenated alkanes) is 55. The number of ether oxygens (including phenoxy) is 6. The minimum atomic E-state index is -4.87. The Morgan fingerprint density at radius 3 is 0.604 bits per heavy atom. The fraction of sp³-hybridized carbons (Fsp3) is 0.850. The van der Waals surface area contributed by atoms with Gasteiger partial charge < -0.3 is 103 Å². The van der Waals surface area contributed by atoms with E-state index in [1.165, 1.54) is 250 Å². The third-order valence-corrected chi connectivity index (χ3v) is 25.3. The zero-order valence-corrected chi connectivity index (χ0v) is 99.3. The first-order valence-electron chi connectivity index (χ1n) is 56.1. The average Bonchev–Trinajstić information content (AvgIpc) is 0.885. The number of phosphoric ester groups is 5. The maximum absolute atomic E-state index is 11.8. The first-order chi connectivity index (χ1) is 70.6. The van der Waals surface area contributed by atoms with Crippen molar-refractivity contribution in [2.24, 2.45) is 5.73 Å². The van der Waals surface area contributed by atoms with Crippen molar-refractivity contribution < 1.29 is 196 Å². The van der Waals surface area contributed by atoms with E-state index in [9.17, 15) is 71.8 Å². The van der Waals surface area contributed by atoms with Crippen LogP contribution in [-0.4, -0.2) is 192 Å². The molecule has 36 nitrogen and oxygen atoms in total. The predicted molar refractivity (Wildman–Crippen MR) is 581 cm³/mol. The van der Waals surface area contributed by atoms with E-state index in [4.69, 9.17) is 78.2 Å². The smallest absolute Gasteiger partial charge is 0.756 e. The maximum atomic E-state index is 11.8. The maximum Gasteiger partial charge on any atom is 1.00 e. The van der Waals surface area contributed by atoms with Gasteiger partial charge in [0.2, 0.25) is 0 Å². The molecule has 0 rings (SSSR count). The largest absolute Gasteiger partial charge is 1.00 e. The molecule has 42 heteroatoms. The van der Waals surface area contributed by atoms with Gasteiger partial charge in [-0.05, 0) is 161 Å². The minimum absolute atomic E-state index is 0. The SMILES string of the molecule is CCCCCCCC/C=C\CCCCCCCC(=O)OC[C@@H](N)COP(=O)(O)O.CCCCCCCC/C=C\CCCCCCCC(=O)OC[C@@H](O)COP(=O)(O)O.CCCCCCCC/C=C\CCCCCCCC(=O)OC[C@@H](O)COP(=O)([O-])O.CCCCCCCC/C=C\CCCCCCCC(=O)OC[C@H](COP(=O)(O)O)OC(C)=O.CCCCCCCC/C=C\CCCCCCCC(=O)OC[C@H](O)COP(=O)(O)O.[Na+]. The number of aliphatic hydroxyl groups excluding tert-OH is 3. The summed E-state index contributed by atoms with van der Waals surface area (Å²) in [6.45, 7) is 8.22. The molecule has 0 aromatic rings. The van der Waals surface area contributed by atoms with Gasteiger partial charge in [-0.25, -0.2) is 18.3 Å². The molecule has 0 amide bonds. The van der Waals surface area contributed by atoms with Crippen molar-refractivity contribution >= 4 is 74.9 Å². The van der Waals surface area contributed by atoms with E-state index in [-0.39, 0.29) is 101 Å². The molecule has 0 saturated carbocycles. The minimum Gasteiger partial charge on any atom is -0.756 e. The number of aliphatic hydroxyl groups is 3. The summed E-state index contributed by atoms with van der Waals surface area (Å²) >= 11 is 0. The molecule has 14 N–H and O–H groups in total. The summed E-state index contributed by atoms with van der Waals surface area (Å²) in [5.74, 6) is -2.70. The third kappa shape index (κ3) is 149. The van der Waals surface area contributed by atoms with Crippen LogP contribution in [0.15, 0.2) is 60.8 Å². The predicted octanol–water partition coefficient (Wildman–Crippen LogP) is 22.1. The summed E-state index contributed by atoms with van der Waals surface area (Å²) in [7, 11) is -23.3. The molecule has 0 fully saturated rings. The second-order valence-corrected chi connectivity index (χ2v) is 44.1. The van der Waals surface area contributed by atoms with Crippen LogP contribution in [0.1, 0.15) is 491 Å². The molecule has 0 aliphatic carbocycles. The molecule has 876 valence electrons. The Hall–Kier alpha value is -3.09. The first-order valence-corrected chi connectivity index (χ1v) is 63.7. The topological polar surface area (TPSA) is 581 Å². The zero-order valence-electron chi connectivity index (χ0n) is 92.8. The first kappa shape index (κ1) is 157. The Balaban J connectivity index is -0.000000428. The molecule has 0 bridgehead atoms. The van der Waals surface area contributed by atoms with E-state index in [1.807, 2.05) is 0 Å². The van der Waals surface area contributed by atoms with Crippen LogP contribution >= 0.6 is 39.1 Å². The quantitative estimate of drug-likeness (QED) is 0.00672. The summed E-state index contributed by atoms with van der Waals surface area (Å²) in [5, 5.41) is 28.2. The number of hydrogen-bond donors (Lipinski definition) is 13. The van der Waals surface area contributed by atoms with Gasteiger partial charge in [0.1, 0.15) is 51.3 Å². The molecule has 0 saturated heterocycles. The summed E-state index contributed by atoms with van der Waals surface area (Å²) in [4.78, 5) is 156. The number of phosphoric acid groups is 5. The molecule has 0 aliphatic heterocycles. The summed E-state index contributed by atoms with van der Waals surface area (Å²) in [6, 6.07) is -0.749. The van der Waals surface area contributed by atoms with Crippen LogP contribution in [0.4, 0.5) is 0 Å². The monoisotopic (exact) mass is 2240 g/mol. The van der Waals surface area contributed by atoms with E-state index >= 15 is 0 Å². The number of carbonyl (C=O) groups excluding carboxylic acids is 6. The Bertz CT molecular complexity index is 3090. The van der Waals surface area contributed by atoms with Crippen LogP contribution in [-0.2, 0) is 103 Å². The second kappa shape index (κ2) is 116. The molecule has 0 spiro atoms. The fourth-order valence-corrected chi connectivity index (χ4v) is 16.3. The fourth-order valence-electron chi connectivity index (χ4n) is 14.5. The summed E-state index contributed by atoms with van der Waals surface area (Å²) < 4.78 is 103. The van der Waals surface area contributed by atoms with Crippen molar-refractivity contribution in [2.45, 2.75) is 521 Å². The Kier molecular flexibility index (Phi) is 122. The second-order valence-electron chi connectivity index (χ2n) is 37.9. The van der Waals surface area contributed by atoms with Gasteiger partial charge in [-0.1, -0.05) is 352 Å². The number of allylic oxidation sites excluding steroid dienone is 10. The molecule has 0 aromatic heterocycles. The molecular formula is C107H207NNaO35P5. The normalized spacial score (nSPS) is 13.3. The number of nitrogens with two attached hydrogens (primary N) is 1. The molecule has 6 atom stereocenters. The van der Waals surface area contributed by atoms with Crippen molar-refractivity contribution in [2.75, 3.05) is 66.1 Å². The van der Waals surface area contributed by atoms with Crippen LogP contribution in [0.5, 0.6) is 0 Å². The van der Waals surface area contributed by atoms with Crippen molar-refractivity contribution in [1.29, 1.82) is 0 Å². The van der Waals surface area contributed by atoms with Crippen LogP contribution in [0.3, 0.4) is 0 Å². The molecule has 149 heavy (non-hydrogen) atoms. The molecule has 0 aromatic carbocycles. The van der Waals surface area contributed by atoms with E-state index in [0.717, 1.165) is 167 Å². The molecule has 0 heterocycles. The van der Waals surface area contributed by atoms with Crippen LogP contribution in [0.2, 0.25) is 0 Å². The average molecular weight is 2250 g/mol. The van der Waals surface area contributed by atoms with E-state index < -0.39 is 126 Å². The van der Waals surface area contributed by atoms with Gasteiger partial charge in [-0.3, -0.25) is 51.4 Å². The molecule has 0 aliphatic rings. The Labute approximate surface area is 919 Å². The van der Waals surface area contributed by atoms with Crippen LogP contribution in [0.25, 0.3) is 0 Å². The van der Waals surface area contributed by atoms with Gasteiger partial charge in [0.25, 0.3) is 7.82 Å². The van der Waals surface area contributed by atoms with Gasteiger partial charge in [0.15, 0.2) is 6.10 Å². The molecule has 1 unspecified atom stereocenters. The number of hydrogen-bond acceptors (Lipinski definition) is 27. The van der Waals surface area contributed by atoms with Crippen molar-refractivity contribution in [3.05, 3.63) is 60.8 Å². The van der Waals surface area contributed by atoms with Crippen molar-refractivity contribution in [3.8, 4) is 0 Å². The van der Waals surface area contributed by atoms with E-state index in [2.05, 4.69) is 118 Å². The van der Waals surface area contributed by atoms with E-state index in [1.54, 1.807) is 0 Å². The van der Waals surface area contributed by atoms with Gasteiger partial charge in [-0.2, -0.15) is 0 Å². The van der Waals surface area contributed by atoms with E-state index in [0.29, 0.717) is 12.8 Å². The third-order valence-electron chi connectivity index (χ3n) is 22.9. The Morgan fingerprint density at radius 1 is 0.242 bits per heavy atom. The number of rotatable bonds is 101. The van der Waals surface area contributed by atoms with Crippen molar-refractivity contribution in [1.82, 2.24) is 0 Å². The van der Waals surface area contributed by atoms with Gasteiger partial charge in [0, 0.05) is 39.0 Å². The summed E-state index contributed by atoms with van der Waals surface area (Å²) in [6.07, 6.45) is 96.6. The summed E-state index contributed by atoms with van der Waals surface area (Å²) in [5.41, 5.74) is 5.56. The van der Waals surface area contributed by atoms with Gasteiger partial charge >= 0.3 is 96.7 Å². The van der Waals surface area contributed by atoms with Gasteiger partial charge in [0.05, 0.1) is 39.1 Å². The zero-order chi connectivity index (χ0) is 111. The van der Waals surface area contributed by atoms with Crippen LogP contribution < -0.4 is 40.2 Å².